The van der Waals surface area contributed by atoms with E-state index >= 15 is 0 Å². The minimum Gasteiger partial charge on any atom is -0.367 e. The van der Waals surface area contributed by atoms with E-state index in [1.165, 1.54) is 4.31 Å². The molecule has 0 saturated carbocycles. The molecule has 28 heavy (non-hydrogen) atoms. The molecule has 0 unspecified atom stereocenters. The molecule has 2 heterocycles. The summed E-state index contributed by atoms with van der Waals surface area (Å²) in [5.41, 5.74) is 0.582. The highest BCUT2D eigenvalue weighted by Crippen LogP contribution is 2.35. The number of hydrogen-bond donors (Lipinski definition) is 0. The van der Waals surface area contributed by atoms with Crippen LogP contribution < -0.4 is 0 Å². The molecule has 0 amide bonds. The Bertz CT molecular complexity index is 937. The predicted octanol–water partition coefficient (Wildman–Crippen LogP) is 2.82. The molecule has 7 heteroatoms. The molecule has 0 bridgehead atoms. The smallest absolute Gasteiger partial charge is 0.249 e. The molecule has 0 atom stereocenters. The van der Waals surface area contributed by atoms with Crippen LogP contribution >= 0.6 is 0 Å². The Hall–Kier alpha value is -1.99. The average molecular weight is 403 g/mol. The minimum atomic E-state index is -4.03. The van der Waals surface area contributed by atoms with E-state index in [0.29, 0.717) is 37.7 Å². The number of ketones is 2. The molecule has 0 spiro atoms. The highest BCUT2D eigenvalue weighted by molar-refractivity contribution is 7.94. The molecule has 6 nitrogen and oxygen atoms in total. The van der Waals surface area contributed by atoms with Crippen molar-refractivity contribution in [3.05, 3.63) is 46.0 Å². The number of nitrogens with zero attached hydrogens (tertiary/aromatic N) is 2. The molecule has 4 rings (SSSR count). The van der Waals surface area contributed by atoms with Crippen LogP contribution in [0.5, 0.6) is 0 Å². The summed E-state index contributed by atoms with van der Waals surface area (Å²) in [5.74, 6) is -0.429. The van der Waals surface area contributed by atoms with E-state index in [4.69, 9.17) is 0 Å². The van der Waals surface area contributed by atoms with Crippen LogP contribution in [-0.4, -0.2) is 55.4 Å². The molecule has 1 aromatic carbocycles. The normalized spacial score (nSPS) is 22.5. The number of fused-ring (bicyclic) bond motifs is 1. The Kier molecular flexibility index (Phi) is 5.14. The Morgan fingerprint density at radius 1 is 0.857 bits per heavy atom. The number of likely N-dealkylation sites (tertiary alicyclic amines) is 1. The molecule has 2 fully saturated rings. The van der Waals surface area contributed by atoms with E-state index in [1.807, 2.05) is 4.90 Å². The van der Waals surface area contributed by atoms with Crippen molar-refractivity contribution >= 4 is 21.6 Å². The lowest BCUT2D eigenvalue weighted by atomic mass is 9.91. The summed E-state index contributed by atoms with van der Waals surface area (Å²) < 4.78 is 28.5. The Morgan fingerprint density at radius 3 is 2.04 bits per heavy atom. The molecule has 0 radical (unpaired) electrons. The number of carbonyl (C=O) groups is 2. The van der Waals surface area contributed by atoms with Crippen molar-refractivity contribution < 1.29 is 18.0 Å². The lowest BCUT2D eigenvalue weighted by Gasteiger charge is -2.36. The van der Waals surface area contributed by atoms with Gasteiger partial charge in [0.2, 0.25) is 21.6 Å². The zero-order valence-corrected chi connectivity index (χ0v) is 17.0. The predicted molar refractivity (Wildman–Crippen MR) is 106 cm³/mol. The van der Waals surface area contributed by atoms with Gasteiger partial charge >= 0.3 is 0 Å². The van der Waals surface area contributed by atoms with Crippen molar-refractivity contribution in [2.75, 3.05) is 26.2 Å². The molecule has 1 aliphatic carbocycles. The number of piperidine rings is 2. The Labute approximate surface area is 166 Å². The molecule has 0 aromatic heterocycles. The van der Waals surface area contributed by atoms with Gasteiger partial charge in [-0.2, -0.15) is 4.31 Å². The minimum absolute atomic E-state index is 0.0852. The molecule has 3 aliphatic rings. The monoisotopic (exact) mass is 402 g/mol. The largest absolute Gasteiger partial charge is 0.367 e. The molecule has 2 aliphatic heterocycles. The van der Waals surface area contributed by atoms with E-state index in [2.05, 4.69) is 6.92 Å². The van der Waals surface area contributed by atoms with Gasteiger partial charge in [0.25, 0.3) is 0 Å². The number of benzene rings is 1. The molecule has 0 N–H and O–H groups in total. The second-order valence-corrected chi connectivity index (χ2v) is 9.89. The number of sulfonamides is 1. The van der Waals surface area contributed by atoms with Crippen LogP contribution in [-0.2, 0) is 10.0 Å². The molecule has 150 valence electrons. The standard InChI is InChI=1S/C21H26N2O4S/c1-15-9-13-23(14-10-15)28(26,27)21-18(22-11-5-2-6-12-22)19(24)16-7-3-4-8-17(16)20(21)25/h3-4,7-8,15H,2,5-6,9-14H2,1H3. The first-order valence-corrected chi connectivity index (χ1v) is 11.5. The maximum atomic E-state index is 13.5. The van der Waals surface area contributed by atoms with Gasteiger partial charge in [0.05, 0.1) is 0 Å². The molecule has 1 aromatic rings. The zero-order valence-electron chi connectivity index (χ0n) is 16.2. The third-order valence-electron chi connectivity index (χ3n) is 6.07. The van der Waals surface area contributed by atoms with Crippen LogP contribution in [0.2, 0.25) is 0 Å². The number of hydrogen-bond acceptors (Lipinski definition) is 5. The zero-order chi connectivity index (χ0) is 19.9. The number of allylic oxidation sites excluding steroid dienone is 2. The first-order chi connectivity index (χ1) is 13.4. The van der Waals surface area contributed by atoms with Crippen LogP contribution in [0, 0.1) is 5.92 Å². The summed E-state index contributed by atoms with van der Waals surface area (Å²) >= 11 is 0. The molecule has 2 saturated heterocycles. The first kappa shape index (κ1) is 19.3. The fraction of sp³-hybridized carbons (Fsp3) is 0.524. The number of carbonyl (C=O) groups excluding carboxylic acids is 2. The fourth-order valence-corrected chi connectivity index (χ4v) is 6.10. The van der Waals surface area contributed by atoms with Crippen molar-refractivity contribution in [2.45, 2.75) is 39.0 Å². The van der Waals surface area contributed by atoms with Crippen LogP contribution in [0.3, 0.4) is 0 Å². The van der Waals surface area contributed by atoms with Crippen molar-refractivity contribution in [1.29, 1.82) is 0 Å². The first-order valence-electron chi connectivity index (χ1n) is 10.1. The van der Waals surface area contributed by atoms with Crippen LogP contribution in [0.1, 0.15) is 59.7 Å². The van der Waals surface area contributed by atoms with Crippen LogP contribution in [0.25, 0.3) is 0 Å². The van der Waals surface area contributed by atoms with Crippen molar-refractivity contribution in [2.24, 2.45) is 5.92 Å². The van der Waals surface area contributed by atoms with Crippen molar-refractivity contribution in [3.8, 4) is 0 Å². The third kappa shape index (κ3) is 3.20. The second kappa shape index (κ2) is 7.44. The van der Waals surface area contributed by atoms with Crippen molar-refractivity contribution in [3.63, 3.8) is 0 Å². The van der Waals surface area contributed by atoms with Crippen molar-refractivity contribution in [1.82, 2.24) is 9.21 Å². The van der Waals surface area contributed by atoms with E-state index in [1.54, 1.807) is 24.3 Å². The molecular formula is C21H26N2O4S. The van der Waals surface area contributed by atoms with Gasteiger partial charge in [0.1, 0.15) is 5.70 Å². The van der Waals surface area contributed by atoms with E-state index in [9.17, 15) is 18.0 Å². The summed E-state index contributed by atoms with van der Waals surface area (Å²) in [5, 5.41) is 0. The Morgan fingerprint density at radius 2 is 1.43 bits per heavy atom. The van der Waals surface area contributed by atoms with Gasteiger partial charge in [0, 0.05) is 37.3 Å². The molecular weight excluding hydrogens is 376 g/mol. The van der Waals surface area contributed by atoms with Crippen LogP contribution in [0.15, 0.2) is 34.9 Å². The lowest BCUT2D eigenvalue weighted by Crippen LogP contribution is -2.44. The average Bonchev–Trinajstić information content (AvgIpc) is 2.71. The van der Waals surface area contributed by atoms with E-state index < -0.39 is 15.8 Å². The summed E-state index contributed by atoms with van der Waals surface area (Å²) in [7, 11) is -4.03. The topological polar surface area (TPSA) is 74.8 Å². The van der Waals surface area contributed by atoms with Gasteiger partial charge < -0.3 is 4.90 Å². The van der Waals surface area contributed by atoms with E-state index in [-0.39, 0.29) is 21.9 Å². The van der Waals surface area contributed by atoms with Gasteiger partial charge in [-0.25, -0.2) is 8.42 Å². The van der Waals surface area contributed by atoms with Gasteiger partial charge in [-0.15, -0.1) is 0 Å². The Balaban J connectivity index is 1.85. The summed E-state index contributed by atoms with van der Waals surface area (Å²) in [6.45, 7) is 4.10. The van der Waals surface area contributed by atoms with Gasteiger partial charge in [0.15, 0.2) is 4.91 Å². The number of Topliss-reactive ketones (excluding diaryl/α,β-unsaturated/α-hetero) is 2. The number of rotatable bonds is 3. The highest BCUT2D eigenvalue weighted by Gasteiger charge is 2.44. The highest BCUT2D eigenvalue weighted by atomic mass is 32.2. The maximum absolute atomic E-state index is 13.5. The SMILES string of the molecule is CC1CCN(S(=O)(=O)C2=C(N3CCCCC3)C(=O)c3ccccc3C2=O)CC1. The fourth-order valence-electron chi connectivity index (χ4n) is 4.34. The van der Waals surface area contributed by atoms with Gasteiger partial charge in [-0.1, -0.05) is 31.2 Å². The summed E-state index contributed by atoms with van der Waals surface area (Å²) in [6.07, 6.45) is 4.37. The second-order valence-electron chi connectivity index (χ2n) is 8.02. The summed E-state index contributed by atoms with van der Waals surface area (Å²) in [6, 6.07) is 6.55. The van der Waals surface area contributed by atoms with Gasteiger partial charge in [-0.3, -0.25) is 9.59 Å². The van der Waals surface area contributed by atoms with Gasteiger partial charge in [-0.05, 0) is 38.0 Å². The van der Waals surface area contributed by atoms with E-state index in [0.717, 1.165) is 32.1 Å². The quantitative estimate of drug-likeness (QED) is 0.777. The summed E-state index contributed by atoms with van der Waals surface area (Å²) in [4.78, 5) is 28.2. The van der Waals surface area contributed by atoms with Crippen LogP contribution in [0.4, 0.5) is 0 Å². The lowest BCUT2D eigenvalue weighted by molar-refractivity contribution is 0.0938. The third-order valence-corrected chi connectivity index (χ3v) is 8.01. The maximum Gasteiger partial charge on any atom is 0.249 e.